The van der Waals surface area contributed by atoms with E-state index in [1.165, 1.54) is 0 Å². The lowest BCUT2D eigenvalue weighted by molar-refractivity contribution is -0.874. The number of fused-ring (bicyclic) bond motifs is 1. The average Bonchev–Trinajstić information content (AvgIpc) is 2.80. The molecule has 2 aliphatic rings. The minimum absolute atomic E-state index is 0.361. The van der Waals surface area contributed by atoms with Crippen molar-refractivity contribution in [1.82, 2.24) is 0 Å². The van der Waals surface area contributed by atoms with Crippen molar-refractivity contribution >= 4 is 0 Å². The molecule has 2 fully saturated rings. The fourth-order valence-corrected chi connectivity index (χ4v) is 2.08. The van der Waals surface area contributed by atoms with Crippen LogP contribution < -0.4 is 0 Å². The molecule has 2 heterocycles. The average molecular weight is 297 g/mol. The van der Waals surface area contributed by atoms with E-state index >= 15 is 0 Å². The maximum absolute atomic E-state index is 10.4. The summed E-state index contributed by atoms with van der Waals surface area (Å²) in [6.45, 7) is -1.08. The molecule has 0 radical (unpaired) electrons. The molecule has 2 saturated heterocycles. The number of ether oxygens (including phenoxy) is 2. The van der Waals surface area contributed by atoms with Crippen LogP contribution >= 0.6 is 0 Å². The summed E-state index contributed by atoms with van der Waals surface area (Å²) < 4.78 is 9.99. The Hall–Kier alpha value is -2.48. The van der Waals surface area contributed by atoms with Crippen LogP contribution in [0.2, 0.25) is 0 Å². The number of rotatable bonds is 6. The third-order valence-corrected chi connectivity index (χ3v) is 2.69. The summed E-state index contributed by atoms with van der Waals surface area (Å²) in [6, 6.07) is 0. The van der Waals surface area contributed by atoms with Gasteiger partial charge in [0.15, 0.2) is 6.10 Å². The molecule has 0 aromatic rings. The standard InChI is InChI=1S/C6H7N3O11/c10-7(11)18-3-1-16-5-4(3)17-2-6(5,19-8(12)13)20-9(14)15/h3-5H,1-2H2/t3-,4-,5+/m1/s1. The normalized spacial score (nSPS) is 30.3. The summed E-state index contributed by atoms with van der Waals surface area (Å²) in [5, 5.41) is 27.4. The molecule has 2 rings (SSSR count). The molecule has 20 heavy (non-hydrogen) atoms. The minimum atomic E-state index is -2.44. The minimum Gasteiger partial charge on any atom is -0.368 e. The number of hydrogen-bond acceptors (Lipinski definition) is 11. The first kappa shape index (κ1) is 13.9. The van der Waals surface area contributed by atoms with E-state index in [-0.39, 0.29) is 6.61 Å². The fraction of sp³-hybridized carbons (Fsp3) is 1.00. The maximum Gasteiger partial charge on any atom is 0.314 e. The molecule has 3 atom stereocenters. The first-order valence-electron chi connectivity index (χ1n) is 5.05. The largest absolute Gasteiger partial charge is 0.368 e. The van der Waals surface area contributed by atoms with Crippen LogP contribution in [-0.4, -0.2) is 52.6 Å². The van der Waals surface area contributed by atoms with Gasteiger partial charge in [-0.1, -0.05) is 0 Å². The Morgan fingerprint density at radius 3 is 2.10 bits per heavy atom. The highest BCUT2D eigenvalue weighted by atomic mass is 17.1. The zero-order valence-corrected chi connectivity index (χ0v) is 9.48. The van der Waals surface area contributed by atoms with Crippen molar-refractivity contribution in [2.75, 3.05) is 13.2 Å². The second kappa shape index (κ2) is 4.89. The SMILES string of the molecule is O=[N+]([O-])O[C@@H]1CO[C@H]2[C@@H]1OCC2(O[N+](=O)[O-])O[N+](=O)[O-]. The summed E-state index contributed by atoms with van der Waals surface area (Å²) in [5.41, 5.74) is 0. The Morgan fingerprint density at radius 2 is 1.60 bits per heavy atom. The monoisotopic (exact) mass is 297 g/mol. The van der Waals surface area contributed by atoms with Crippen molar-refractivity contribution in [3.05, 3.63) is 30.3 Å². The molecule has 0 N–H and O–H groups in total. The van der Waals surface area contributed by atoms with E-state index in [1.807, 2.05) is 0 Å². The summed E-state index contributed by atoms with van der Waals surface area (Å²) in [4.78, 5) is 43.7. The fourth-order valence-electron chi connectivity index (χ4n) is 2.08. The first-order valence-corrected chi connectivity index (χ1v) is 5.05. The van der Waals surface area contributed by atoms with Crippen LogP contribution in [0.4, 0.5) is 0 Å². The van der Waals surface area contributed by atoms with E-state index < -0.39 is 46.0 Å². The van der Waals surface area contributed by atoms with Crippen molar-refractivity contribution < 1.29 is 39.2 Å². The molecule has 0 aliphatic carbocycles. The smallest absolute Gasteiger partial charge is 0.314 e. The van der Waals surface area contributed by atoms with E-state index in [9.17, 15) is 30.3 Å². The first-order chi connectivity index (χ1) is 9.34. The Labute approximate surface area is 108 Å². The van der Waals surface area contributed by atoms with Crippen LogP contribution in [0.15, 0.2) is 0 Å². The van der Waals surface area contributed by atoms with Crippen LogP contribution in [-0.2, 0) is 24.0 Å². The van der Waals surface area contributed by atoms with Gasteiger partial charge in [0.25, 0.3) is 15.3 Å². The molecule has 14 heteroatoms. The topological polar surface area (TPSA) is 176 Å². The maximum atomic E-state index is 10.4. The Balaban J connectivity index is 2.18. The quantitative estimate of drug-likeness (QED) is 0.315. The molecule has 0 amide bonds. The second-order valence-corrected chi connectivity index (χ2v) is 3.84. The highest BCUT2D eigenvalue weighted by molar-refractivity contribution is 4.99. The van der Waals surface area contributed by atoms with Crippen molar-refractivity contribution in [3.63, 3.8) is 0 Å². The van der Waals surface area contributed by atoms with Gasteiger partial charge in [-0.3, -0.25) is 9.68 Å². The molecular weight excluding hydrogens is 290 g/mol. The Kier molecular flexibility index (Phi) is 3.41. The third kappa shape index (κ3) is 2.45. The summed E-state index contributed by atoms with van der Waals surface area (Å²) in [7, 11) is 0. The molecule has 14 nitrogen and oxygen atoms in total. The zero-order chi connectivity index (χ0) is 14.9. The third-order valence-electron chi connectivity index (χ3n) is 2.69. The van der Waals surface area contributed by atoms with Gasteiger partial charge in [-0.05, 0) is 0 Å². The van der Waals surface area contributed by atoms with E-state index in [1.54, 1.807) is 0 Å². The second-order valence-electron chi connectivity index (χ2n) is 3.84. The van der Waals surface area contributed by atoms with Gasteiger partial charge < -0.3 is 14.3 Å². The van der Waals surface area contributed by atoms with E-state index in [0.717, 1.165) is 0 Å². The Morgan fingerprint density at radius 1 is 1.00 bits per heavy atom. The molecule has 112 valence electrons. The summed E-state index contributed by atoms with van der Waals surface area (Å²) in [6.07, 6.45) is -3.77. The van der Waals surface area contributed by atoms with Crippen molar-refractivity contribution in [1.29, 1.82) is 0 Å². The van der Waals surface area contributed by atoms with E-state index in [0.29, 0.717) is 0 Å². The molecular formula is C6H7N3O11. The van der Waals surface area contributed by atoms with Crippen molar-refractivity contribution in [3.8, 4) is 0 Å². The van der Waals surface area contributed by atoms with Gasteiger partial charge in [0, 0.05) is 0 Å². The highest BCUT2D eigenvalue weighted by Gasteiger charge is 2.63. The van der Waals surface area contributed by atoms with Crippen molar-refractivity contribution in [2.24, 2.45) is 0 Å². The van der Waals surface area contributed by atoms with Crippen LogP contribution in [0.3, 0.4) is 0 Å². The molecule has 2 aliphatic heterocycles. The van der Waals surface area contributed by atoms with Gasteiger partial charge in [0.1, 0.15) is 18.8 Å². The molecule has 0 bridgehead atoms. The van der Waals surface area contributed by atoms with Gasteiger partial charge in [-0.15, -0.1) is 30.3 Å². The van der Waals surface area contributed by atoms with Crippen LogP contribution in [0.1, 0.15) is 0 Å². The summed E-state index contributed by atoms with van der Waals surface area (Å²) >= 11 is 0. The predicted molar refractivity (Wildman–Crippen MR) is 50.2 cm³/mol. The van der Waals surface area contributed by atoms with Gasteiger partial charge in [0.2, 0.25) is 0 Å². The Bertz CT molecular complexity index is 424. The number of hydrogen-bond donors (Lipinski definition) is 0. The zero-order valence-electron chi connectivity index (χ0n) is 9.48. The van der Waals surface area contributed by atoms with Gasteiger partial charge in [-0.2, -0.15) is 0 Å². The van der Waals surface area contributed by atoms with Gasteiger partial charge in [-0.25, -0.2) is 0 Å². The van der Waals surface area contributed by atoms with Crippen molar-refractivity contribution in [2.45, 2.75) is 24.1 Å². The lowest BCUT2D eigenvalue weighted by Crippen LogP contribution is -2.51. The van der Waals surface area contributed by atoms with Crippen LogP contribution in [0, 0.1) is 30.3 Å². The van der Waals surface area contributed by atoms with Crippen LogP contribution in [0.25, 0.3) is 0 Å². The predicted octanol–water partition coefficient (Wildman–Crippen LogP) is -1.53. The van der Waals surface area contributed by atoms with Crippen LogP contribution in [0.5, 0.6) is 0 Å². The molecule has 0 unspecified atom stereocenters. The lowest BCUT2D eigenvalue weighted by Gasteiger charge is -2.26. The summed E-state index contributed by atoms with van der Waals surface area (Å²) in [5.74, 6) is -2.44. The number of nitrogens with zero attached hydrogens (tertiary/aromatic N) is 3. The van der Waals surface area contributed by atoms with E-state index in [4.69, 9.17) is 9.47 Å². The lowest BCUT2D eigenvalue weighted by atomic mass is 10.1. The highest BCUT2D eigenvalue weighted by Crippen LogP contribution is 2.38. The molecule has 0 aromatic carbocycles. The van der Waals surface area contributed by atoms with Gasteiger partial charge >= 0.3 is 5.79 Å². The molecule has 0 aromatic heterocycles. The van der Waals surface area contributed by atoms with Gasteiger partial charge in [0.05, 0.1) is 6.61 Å². The van der Waals surface area contributed by atoms with E-state index in [2.05, 4.69) is 14.5 Å². The molecule has 0 spiro atoms. The molecule has 0 saturated carbocycles.